The lowest BCUT2D eigenvalue weighted by atomic mass is 10.1. The van der Waals surface area contributed by atoms with Crippen molar-refractivity contribution in [2.45, 2.75) is 20.5 Å². The molecule has 5 heteroatoms. The zero-order chi connectivity index (χ0) is 14.7. The summed E-state index contributed by atoms with van der Waals surface area (Å²) in [5.41, 5.74) is 2.56. The largest absolute Gasteiger partial charge is 0.456 e. The molecule has 0 aliphatic carbocycles. The van der Waals surface area contributed by atoms with Crippen LogP contribution >= 0.6 is 0 Å². The van der Waals surface area contributed by atoms with Gasteiger partial charge in [-0.15, -0.1) is 0 Å². The van der Waals surface area contributed by atoms with Gasteiger partial charge < -0.3 is 4.74 Å². The Morgan fingerprint density at radius 1 is 1.30 bits per heavy atom. The van der Waals surface area contributed by atoms with Gasteiger partial charge in [0.15, 0.2) is 5.78 Å². The van der Waals surface area contributed by atoms with Gasteiger partial charge in [0, 0.05) is 12.6 Å². The van der Waals surface area contributed by atoms with E-state index in [2.05, 4.69) is 5.10 Å². The molecule has 2 aromatic rings. The van der Waals surface area contributed by atoms with Crippen molar-refractivity contribution in [2.75, 3.05) is 0 Å². The number of ether oxygens (including phenoxy) is 1. The molecule has 2 rings (SSSR count). The molecule has 0 aliphatic heterocycles. The number of carbonyl (C=O) groups excluding carboxylic acids is 2. The number of aryl methyl sites for hydroxylation is 2. The summed E-state index contributed by atoms with van der Waals surface area (Å²) in [7, 11) is 1.69. The van der Waals surface area contributed by atoms with Crippen LogP contribution < -0.4 is 0 Å². The molecule has 0 aliphatic rings. The lowest BCUT2D eigenvalue weighted by molar-refractivity contribution is 0.0460. The standard InChI is InChI=1S/C15H16N2O3/c1-10-7-14(17(3)16-10)15(19)20-9-12-5-4-6-13(8-12)11(2)18/h4-8H,9H2,1-3H3. The maximum absolute atomic E-state index is 11.9. The van der Waals surface area contributed by atoms with Crippen LogP contribution in [0.3, 0.4) is 0 Å². The summed E-state index contributed by atoms with van der Waals surface area (Å²) in [5, 5.41) is 4.10. The van der Waals surface area contributed by atoms with Gasteiger partial charge in [-0.3, -0.25) is 9.48 Å². The van der Waals surface area contributed by atoms with Crippen molar-refractivity contribution in [1.29, 1.82) is 0 Å². The number of ketones is 1. The fourth-order valence-electron chi connectivity index (χ4n) is 1.90. The molecule has 5 nitrogen and oxygen atoms in total. The maximum Gasteiger partial charge on any atom is 0.356 e. The second-order valence-electron chi connectivity index (χ2n) is 4.63. The topological polar surface area (TPSA) is 61.2 Å². The molecule has 0 radical (unpaired) electrons. The van der Waals surface area contributed by atoms with Crippen molar-refractivity contribution in [3.63, 3.8) is 0 Å². The second-order valence-corrected chi connectivity index (χ2v) is 4.63. The Morgan fingerprint density at radius 2 is 2.05 bits per heavy atom. The summed E-state index contributed by atoms with van der Waals surface area (Å²) in [5.74, 6) is -0.443. The number of hydrogen-bond donors (Lipinski definition) is 0. The first-order valence-electron chi connectivity index (χ1n) is 6.25. The lowest BCUT2D eigenvalue weighted by Gasteiger charge is -2.06. The fraction of sp³-hybridized carbons (Fsp3) is 0.267. The van der Waals surface area contributed by atoms with E-state index in [1.807, 2.05) is 13.0 Å². The van der Waals surface area contributed by atoms with E-state index in [4.69, 9.17) is 4.74 Å². The summed E-state index contributed by atoms with van der Waals surface area (Å²) >= 11 is 0. The summed E-state index contributed by atoms with van der Waals surface area (Å²) in [6, 6.07) is 8.72. The SMILES string of the molecule is CC(=O)c1cccc(COC(=O)c2cc(C)nn2C)c1. The number of benzene rings is 1. The predicted molar refractivity (Wildman–Crippen MR) is 73.5 cm³/mol. The third kappa shape index (κ3) is 3.12. The van der Waals surface area contributed by atoms with E-state index in [0.29, 0.717) is 11.3 Å². The monoisotopic (exact) mass is 272 g/mol. The molecular formula is C15H16N2O3. The van der Waals surface area contributed by atoms with Gasteiger partial charge in [-0.2, -0.15) is 5.10 Å². The number of nitrogens with zero attached hydrogens (tertiary/aromatic N) is 2. The van der Waals surface area contributed by atoms with Crippen molar-refractivity contribution < 1.29 is 14.3 Å². The molecule has 0 unspecified atom stereocenters. The average molecular weight is 272 g/mol. The minimum absolute atomic E-state index is 0.0135. The highest BCUT2D eigenvalue weighted by Gasteiger charge is 2.13. The van der Waals surface area contributed by atoms with Gasteiger partial charge in [0.05, 0.1) is 5.69 Å². The quantitative estimate of drug-likeness (QED) is 0.633. The molecular weight excluding hydrogens is 256 g/mol. The van der Waals surface area contributed by atoms with E-state index in [1.54, 1.807) is 31.3 Å². The Hall–Kier alpha value is -2.43. The lowest BCUT2D eigenvalue weighted by Crippen LogP contribution is -2.10. The molecule has 20 heavy (non-hydrogen) atoms. The van der Waals surface area contributed by atoms with Crippen molar-refractivity contribution in [1.82, 2.24) is 9.78 Å². The normalized spacial score (nSPS) is 10.3. The van der Waals surface area contributed by atoms with Gasteiger partial charge in [0.1, 0.15) is 12.3 Å². The molecule has 0 amide bonds. The van der Waals surface area contributed by atoms with Gasteiger partial charge in [0.2, 0.25) is 0 Å². The highest BCUT2D eigenvalue weighted by molar-refractivity contribution is 5.94. The van der Waals surface area contributed by atoms with Gasteiger partial charge >= 0.3 is 5.97 Å². The number of esters is 1. The zero-order valence-electron chi connectivity index (χ0n) is 11.7. The van der Waals surface area contributed by atoms with Crippen molar-refractivity contribution in [2.24, 2.45) is 7.05 Å². The van der Waals surface area contributed by atoms with Crippen LogP contribution in [-0.4, -0.2) is 21.5 Å². The van der Waals surface area contributed by atoms with E-state index in [9.17, 15) is 9.59 Å². The summed E-state index contributed by atoms with van der Waals surface area (Å²) < 4.78 is 6.72. The molecule has 1 aromatic heterocycles. The van der Waals surface area contributed by atoms with E-state index in [0.717, 1.165) is 11.3 Å². The van der Waals surface area contributed by atoms with Crippen LogP contribution in [0.25, 0.3) is 0 Å². The Bertz CT molecular complexity index is 659. The van der Waals surface area contributed by atoms with Gasteiger partial charge in [-0.05, 0) is 31.5 Å². The van der Waals surface area contributed by atoms with E-state index < -0.39 is 5.97 Å². The molecule has 0 bridgehead atoms. The molecule has 0 N–H and O–H groups in total. The number of carbonyl (C=O) groups is 2. The van der Waals surface area contributed by atoms with Crippen molar-refractivity contribution >= 4 is 11.8 Å². The molecule has 1 aromatic carbocycles. The van der Waals surface area contributed by atoms with Crippen LogP contribution in [0.1, 0.15) is 39.0 Å². The Labute approximate surface area is 117 Å². The Kier molecular flexibility index (Phi) is 3.98. The molecule has 1 heterocycles. The number of aromatic nitrogens is 2. The van der Waals surface area contributed by atoms with Crippen LogP contribution in [0.5, 0.6) is 0 Å². The van der Waals surface area contributed by atoms with E-state index >= 15 is 0 Å². The zero-order valence-corrected chi connectivity index (χ0v) is 11.7. The van der Waals surface area contributed by atoms with Crippen LogP contribution in [0.2, 0.25) is 0 Å². The van der Waals surface area contributed by atoms with Gasteiger partial charge in [-0.1, -0.05) is 18.2 Å². The van der Waals surface area contributed by atoms with Crippen molar-refractivity contribution in [3.05, 3.63) is 52.8 Å². The van der Waals surface area contributed by atoms with Gasteiger partial charge in [0.25, 0.3) is 0 Å². The highest BCUT2D eigenvalue weighted by Crippen LogP contribution is 2.10. The Balaban J connectivity index is 2.05. The molecule has 104 valence electrons. The first kappa shape index (κ1) is 14.0. The van der Waals surface area contributed by atoms with Crippen LogP contribution in [0.4, 0.5) is 0 Å². The van der Waals surface area contributed by atoms with Crippen LogP contribution in [-0.2, 0) is 18.4 Å². The fourth-order valence-corrected chi connectivity index (χ4v) is 1.90. The molecule has 0 saturated heterocycles. The smallest absolute Gasteiger partial charge is 0.356 e. The van der Waals surface area contributed by atoms with E-state index in [1.165, 1.54) is 11.6 Å². The Morgan fingerprint density at radius 3 is 2.65 bits per heavy atom. The average Bonchev–Trinajstić information content (AvgIpc) is 2.75. The van der Waals surface area contributed by atoms with Crippen molar-refractivity contribution in [3.8, 4) is 0 Å². The van der Waals surface area contributed by atoms with Gasteiger partial charge in [-0.25, -0.2) is 4.79 Å². The van der Waals surface area contributed by atoms with Crippen LogP contribution in [0.15, 0.2) is 30.3 Å². The summed E-state index contributed by atoms with van der Waals surface area (Å²) in [6.07, 6.45) is 0. The minimum Gasteiger partial charge on any atom is -0.456 e. The number of Topliss-reactive ketones (excluding diaryl/α,β-unsaturated/α-hetero) is 1. The minimum atomic E-state index is -0.429. The first-order valence-corrected chi connectivity index (χ1v) is 6.25. The molecule has 0 fully saturated rings. The molecule has 0 atom stereocenters. The third-order valence-corrected chi connectivity index (χ3v) is 2.91. The highest BCUT2D eigenvalue weighted by atomic mass is 16.5. The molecule has 0 spiro atoms. The maximum atomic E-state index is 11.9. The first-order chi connectivity index (χ1) is 9.47. The van der Waals surface area contributed by atoms with Crippen LogP contribution in [0, 0.1) is 6.92 Å². The number of rotatable bonds is 4. The number of hydrogen-bond acceptors (Lipinski definition) is 4. The molecule has 0 saturated carbocycles. The summed E-state index contributed by atoms with van der Waals surface area (Å²) in [4.78, 5) is 23.2. The summed E-state index contributed by atoms with van der Waals surface area (Å²) in [6.45, 7) is 3.45. The third-order valence-electron chi connectivity index (χ3n) is 2.91. The second kappa shape index (κ2) is 5.69. The predicted octanol–water partition coefficient (Wildman–Crippen LogP) is 2.29. The van der Waals surface area contributed by atoms with E-state index in [-0.39, 0.29) is 12.4 Å².